The van der Waals surface area contributed by atoms with E-state index in [1.807, 2.05) is 0 Å². The minimum absolute atomic E-state index is 0.0835. The van der Waals surface area contributed by atoms with Crippen LogP contribution in [-0.2, 0) is 9.59 Å². The fourth-order valence-electron chi connectivity index (χ4n) is 1.77. The van der Waals surface area contributed by atoms with Crippen LogP contribution in [0.5, 0.6) is 11.5 Å². The third-order valence-electron chi connectivity index (χ3n) is 2.76. The molecule has 0 radical (unpaired) electrons. The van der Waals surface area contributed by atoms with Crippen molar-refractivity contribution in [1.29, 1.82) is 0 Å². The van der Waals surface area contributed by atoms with Crippen LogP contribution in [0, 0.1) is 0 Å². The summed E-state index contributed by atoms with van der Waals surface area (Å²) in [6.07, 6.45) is 4.45. The molecular formula is C15H19NO4. The molecule has 0 bridgehead atoms. The quantitative estimate of drug-likeness (QED) is 0.566. The molecule has 0 aliphatic carbocycles. The molecule has 108 valence electrons. The molecule has 0 aliphatic rings. The summed E-state index contributed by atoms with van der Waals surface area (Å²) in [6, 6.07) is 5.29. The molecule has 0 fully saturated rings. The van der Waals surface area contributed by atoms with Gasteiger partial charge in [0.2, 0.25) is 5.91 Å². The number of anilines is 1. The van der Waals surface area contributed by atoms with Crippen molar-refractivity contribution < 1.29 is 19.1 Å². The Morgan fingerprint density at radius 1 is 1.20 bits per heavy atom. The number of hydrogen-bond donors (Lipinski definition) is 0. The predicted molar refractivity (Wildman–Crippen MR) is 77.4 cm³/mol. The number of rotatable bonds is 7. The first-order chi connectivity index (χ1) is 9.62. The largest absolute Gasteiger partial charge is 0.497 e. The molecule has 1 aromatic rings. The first-order valence-corrected chi connectivity index (χ1v) is 6.23. The minimum atomic E-state index is -0.0835. The Kier molecular flexibility index (Phi) is 6.29. The van der Waals surface area contributed by atoms with Crippen LogP contribution < -0.4 is 14.4 Å². The molecule has 0 atom stereocenters. The maximum Gasteiger partial charge on any atom is 0.223 e. The lowest BCUT2D eigenvalue weighted by Crippen LogP contribution is -2.29. The van der Waals surface area contributed by atoms with Gasteiger partial charge in [-0.15, -0.1) is 0 Å². The molecule has 0 saturated carbocycles. The van der Waals surface area contributed by atoms with Crippen LogP contribution in [0.2, 0.25) is 0 Å². The summed E-state index contributed by atoms with van der Waals surface area (Å²) in [7, 11) is 3.12. The standard InChI is InChI=1S/C15H19NO4/c1-12(18)16(7-5-4-6-8-17)13-9-14(19-2)11-15(10-13)20-3/h4,6,8-11H,5,7H2,1-3H3/b6-4+. The molecule has 20 heavy (non-hydrogen) atoms. The van der Waals surface area contributed by atoms with E-state index >= 15 is 0 Å². The fourth-order valence-corrected chi connectivity index (χ4v) is 1.77. The van der Waals surface area contributed by atoms with Gasteiger partial charge in [-0.1, -0.05) is 6.08 Å². The molecule has 1 amide bonds. The molecule has 0 saturated heterocycles. The second kappa shape index (κ2) is 7.99. The highest BCUT2D eigenvalue weighted by Gasteiger charge is 2.13. The molecular weight excluding hydrogens is 258 g/mol. The number of nitrogens with zero attached hydrogens (tertiary/aromatic N) is 1. The maximum absolute atomic E-state index is 11.8. The van der Waals surface area contributed by atoms with Gasteiger partial charge in [-0.05, 0) is 12.5 Å². The van der Waals surface area contributed by atoms with Crippen LogP contribution >= 0.6 is 0 Å². The van der Waals surface area contributed by atoms with E-state index < -0.39 is 0 Å². The SMILES string of the molecule is COc1cc(OC)cc(N(CC/C=C/C=O)C(C)=O)c1. The zero-order valence-corrected chi connectivity index (χ0v) is 12.0. The number of carbonyl (C=O) groups is 2. The monoisotopic (exact) mass is 277 g/mol. The van der Waals surface area contributed by atoms with Gasteiger partial charge >= 0.3 is 0 Å². The van der Waals surface area contributed by atoms with E-state index in [1.54, 1.807) is 43.4 Å². The summed E-state index contributed by atoms with van der Waals surface area (Å²) in [5, 5.41) is 0. The summed E-state index contributed by atoms with van der Waals surface area (Å²) in [5.74, 6) is 1.16. The van der Waals surface area contributed by atoms with Crippen LogP contribution in [0.15, 0.2) is 30.4 Å². The molecule has 1 aromatic carbocycles. The Morgan fingerprint density at radius 2 is 1.80 bits per heavy atom. The van der Waals surface area contributed by atoms with Gasteiger partial charge in [0.1, 0.15) is 17.8 Å². The number of carbonyl (C=O) groups excluding carboxylic acids is 2. The van der Waals surface area contributed by atoms with Crippen LogP contribution in [0.1, 0.15) is 13.3 Å². The summed E-state index contributed by atoms with van der Waals surface area (Å²) in [5.41, 5.74) is 0.702. The molecule has 5 heteroatoms. The van der Waals surface area contributed by atoms with Crippen molar-refractivity contribution in [2.24, 2.45) is 0 Å². The van der Waals surface area contributed by atoms with Crippen molar-refractivity contribution >= 4 is 17.9 Å². The highest BCUT2D eigenvalue weighted by molar-refractivity contribution is 5.92. The summed E-state index contributed by atoms with van der Waals surface area (Å²) < 4.78 is 10.4. The Balaban J connectivity index is 2.98. The fraction of sp³-hybridized carbons (Fsp3) is 0.333. The van der Waals surface area contributed by atoms with E-state index in [4.69, 9.17) is 9.47 Å². The number of aldehydes is 1. The average Bonchev–Trinajstić information content (AvgIpc) is 2.46. The van der Waals surface area contributed by atoms with Crippen molar-refractivity contribution in [2.45, 2.75) is 13.3 Å². The average molecular weight is 277 g/mol. The van der Waals surface area contributed by atoms with Gasteiger partial charge in [0.05, 0.1) is 19.9 Å². The van der Waals surface area contributed by atoms with E-state index in [-0.39, 0.29) is 5.91 Å². The lowest BCUT2D eigenvalue weighted by molar-refractivity contribution is -0.116. The molecule has 0 spiro atoms. The topological polar surface area (TPSA) is 55.8 Å². The third kappa shape index (κ3) is 4.42. The molecule has 0 N–H and O–H groups in total. The van der Waals surface area contributed by atoms with Gasteiger partial charge in [0, 0.05) is 31.7 Å². The zero-order valence-electron chi connectivity index (χ0n) is 12.0. The predicted octanol–water partition coefficient (Wildman–Crippen LogP) is 2.20. The number of allylic oxidation sites excluding steroid dienone is 1. The number of hydrogen-bond acceptors (Lipinski definition) is 4. The van der Waals surface area contributed by atoms with E-state index in [0.717, 1.165) is 0 Å². The van der Waals surface area contributed by atoms with Gasteiger partial charge in [0.15, 0.2) is 0 Å². The third-order valence-corrected chi connectivity index (χ3v) is 2.76. The first kappa shape index (κ1) is 15.8. The molecule has 0 aliphatic heterocycles. The minimum Gasteiger partial charge on any atom is -0.497 e. The number of ether oxygens (including phenoxy) is 2. The van der Waals surface area contributed by atoms with Gasteiger partial charge in [-0.2, -0.15) is 0 Å². The number of benzene rings is 1. The molecule has 0 heterocycles. The lowest BCUT2D eigenvalue weighted by Gasteiger charge is -2.21. The first-order valence-electron chi connectivity index (χ1n) is 6.23. The summed E-state index contributed by atoms with van der Waals surface area (Å²) in [6.45, 7) is 1.98. The molecule has 0 unspecified atom stereocenters. The van der Waals surface area contributed by atoms with Crippen LogP contribution in [0.4, 0.5) is 5.69 Å². The van der Waals surface area contributed by atoms with Crippen molar-refractivity contribution in [2.75, 3.05) is 25.7 Å². The summed E-state index contributed by atoms with van der Waals surface area (Å²) >= 11 is 0. The Bertz CT molecular complexity index is 474. The van der Waals surface area contributed by atoms with Gasteiger partial charge in [0.25, 0.3) is 0 Å². The van der Waals surface area contributed by atoms with Crippen molar-refractivity contribution in [3.05, 3.63) is 30.4 Å². The normalized spacial score (nSPS) is 10.3. The van der Waals surface area contributed by atoms with Crippen molar-refractivity contribution in [3.63, 3.8) is 0 Å². The van der Waals surface area contributed by atoms with Crippen LogP contribution in [0.25, 0.3) is 0 Å². The Labute approximate surface area is 118 Å². The lowest BCUT2D eigenvalue weighted by atomic mass is 10.2. The van der Waals surface area contributed by atoms with Gasteiger partial charge in [-0.3, -0.25) is 9.59 Å². The Hall–Kier alpha value is -2.30. The molecule has 5 nitrogen and oxygen atoms in total. The van der Waals surface area contributed by atoms with Crippen LogP contribution in [0.3, 0.4) is 0 Å². The van der Waals surface area contributed by atoms with Crippen molar-refractivity contribution in [3.8, 4) is 11.5 Å². The zero-order chi connectivity index (χ0) is 15.0. The second-order valence-electron chi connectivity index (χ2n) is 4.09. The van der Waals surface area contributed by atoms with Crippen LogP contribution in [-0.4, -0.2) is 33.0 Å². The van der Waals surface area contributed by atoms with Gasteiger partial charge in [-0.25, -0.2) is 0 Å². The smallest absolute Gasteiger partial charge is 0.223 e. The number of amides is 1. The van der Waals surface area contributed by atoms with E-state index in [1.165, 1.54) is 13.0 Å². The van der Waals surface area contributed by atoms with Crippen molar-refractivity contribution in [1.82, 2.24) is 0 Å². The summed E-state index contributed by atoms with van der Waals surface area (Å²) in [4.78, 5) is 23.6. The van der Waals surface area contributed by atoms with E-state index in [0.29, 0.717) is 36.4 Å². The molecule has 0 aromatic heterocycles. The van der Waals surface area contributed by atoms with Gasteiger partial charge < -0.3 is 14.4 Å². The second-order valence-corrected chi connectivity index (χ2v) is 4.09. The van der Waals surface area contributed by atoms with E-state index in [2.05, 4.69) is 0 Å². The number of methoxy groups -OCH3 is 2. The highest BCUT2D eigenvalue weighted by atomic mass is 16.5. The highest BCUT2D eigenvalue weighted by Crippen LogP contribution is 2.28. The Morgan fingerprint density at radius 3 is 2.25 bits per heavy atom. The maximum atomic E-state index is 11.8. The van der Waals surface area contributed by atoms with E-state index in [9.17, 15) is 9.59 Å². The molecule has 1 rings (SSSR count).